The molecule has 1 atom stereocenters. The van der Waals surface area contributed by atoms with E-state index in [-0.39, 0.29) is 23.9 Å². The lowest BCUT2D eigenvalue weighted by Gasteiger charge is -2.25. The first-order valence-electron chi connectivity index (χ1n) is 6.79. The zero-order valence-electron chi connectivity index (χ0n) is 11.9. The Balaban J connectivity index is 1.90. The fourth-order valence-electron chi connectivity index (χ4n) is 2.46. The normalized spacial score (nSPS) is 16.6. The number of ether oxygens (including phenoxy) is 2. The van der Waals surface area contributed by atoms with Gasteiger partial charge in [0, 0.05) is 0 Å². The number of hydrogen-bond acceptors (Lipinski definition) is 4. The second-order valence-corrected chi connectivity index (χ2v) is 5.02. The fraction of sp³-hybridized carbons (Fsp3) is 0.176. The van der Waals surface area contributed by atoms with Crippen LogP contribution in [0.15, 0.2) is 42.5 Å². The van der Waals surface area contributed by atoms with E-state index < -0.39 is 5.97 Å². The molecule has 1 heterocycles. The van der Waals surface area contributed by atoms with E-state index in [0.29, 0.717) is 11.3 Å². The molecule has 22 heavy (non-hydrogen) atoms. The molecule has 2 aromatic carbocycles. The van der Waals surface area contributed by atoms with E-state index in [1.54, 1.807) is 7.11 Å². The van der Waals surface area contributed by atoms with Gasteiger partial charge in [0.2, 0.25) is 0 Å². The smallest absolute Gasteiger partial charge is 0.335 e. The van der Waals surface area contributed by atoms with Crippen molar-refractivity contribution in [3.63, 3.8) is 0 Å². The quantitative estimate of drug-likeness (QED) is 0.942. The number of methoxy groups -OCH3 is 1. The average molecular weight is 298 g/mol. The van der Waals surface area contributed by atoms with Gasteiger partial charge in [-0.2, -0.15) is 0 Å². The molecule has 0 amide bonds. The highest BCUT2D eigenvalue weighted by atomic mass is 16.5. The fourth-order valence-corrected chi connectivity index (χ4v) is 2.46. The second kappa shape index (κ2) is 5.52. The molecule has 5 heteroatoms. The number of carbonyl (C=O) groups is 2. The van der Waals surface area contributed by atoms with Gasteiger partial charge in [-0.1, -0.05) is 12.1 Å². The van der Waals surface area contributed by atoms with Crippen LogP contribution in [0.3, 0.4) is 0 Å². The van der Waals surface area contributed by atoms with Gasteiger partial charge in [0.25, 0.3) is 0 Å². The number of carboxylic acid groups (broad SMARTS) is 1. The number of carboxylic acids is 1. The standard InChI is InChI=1S/C17H14O5/c1-21-12-5-2-10(3-6-12)16-9-14(18)13-8-11(17(19)20)4-7-15(13)22-16/h2-8,16H,9H2,1H3,(H,19,20). The van der Waals surface area contributed by atoms with E-state index in [2.05, 4.69) is 0 Å². The average Bonchev–Trinajstić information content (AvgIpc) is 2.54. The van der Waals surface area contributed by atoms with Crippen LogP contribution in [0, 0.1) is 0 Å². The summed E-state index contributed by atoms with van der Waals surface area (Å²) in [6.07, 6.45) is -0.191. The molecule has 1 aliphatic heterocycles. The van der Waals surface area contributed by atoms with Crippen LogP contribution in [0.4, 0.5) is 0 Å². The van der Waals surface area contributed by atoms with Crippen molar-refractivity contribution in [2.24, 2.45) is 0 Å². The molecule has 3 rings (SSSR count). The summed E-state index contributed by atoms with van der Waals surface area (Å²) in [5.41, 5.74) is 1.28. The Labute approximate surface area is 127 Å². The lowest BCUT2D eigenvalue weighted by atomic mass is 9.95. The maximum Gasteiger partial charge on any atom is 0.335 e. The minimum absolute atomic E-state index is 0.0820. The third-order valence-corrected chi connectivity index (χ3v) is 3.65. The van der Waals surface area contributed by atoms with Crippen molar-refractivity contribution in [3.8, 4) is 11.5 Å². The van der Waals surface area contributed by atoms with Crippen LogP contribution >= 0.6 is 0 Å². The van der Waals surface area contributed by atoms with Crippen molar-refractivity contribution in [2.75, 3.05) is 7.11 Å². The first-order valence-corrected chi connectivity index (χ1v) is 6.79. The van der Waals surface area contributed by atoms with Crippen LogP contribution < -0.4 is 9.47 Å². The van der Waals surface area contributed by atoms with Crippen molar-refractivity contribution in [1.82, 2.24) is 0 Å². The zero-order chi connectivity index (χ0) is 15.7. The summed E-state index contributed by atoms with van der Waals surface area (Å²) < 4.78 is 10.9. The molecule has 0 aromatic heterocycles. The van der Waals surface area contributed by atoms with Crippen LogP contribution in [0.2, 0.25) is 0 Å². The summed E-state index contributed by atoms with van der Waals surface area (Å²) in [4.78, 5) is 23.2. The molecule has 1 aliphatic rings. The number of carbonyl (C=O) groups excluding carboxylic acids is 1. The molecule has 112 valence electrons. The molecule has 0 saturated heterocycles. The molecule has 1 unspecified atom stereocenters. The number of aromatic carboxylic acids is 1. The largest absolute Gasteiger partial charge is 0.497 e. The summed E-state index contributed by atoms with van der Waals surface area (Å²) >= 11 is 0. The second-order valence-electron chi connectivity index (χ2n) is 5.02. The first kappa shape index (κ1) is 14.1. The predicted octanol–water partition coefficient (Wildman–Crippen LogP) is 3.10. The molecule has 0 spiro atoms. The molecular formula is C17H14O5. The SMILES string of the molecule is COc1ccc(C2CC(=O)c3cc(C(=O)O)ccc3O2)cc1. The predicted molar refractivity (Wildman–Crippen MR) is 78.7 cm³/mol. The van der Waals surface area contributed by atoms with E-state index in [0.717, 1.165) is 11.3 Å². The van der Waals surface area contributed by atoms with Gasteiger partial charge >= 0.3 is 5.97 Å². The Morgan fingerprint density at radius 2 is 1.95 bits per heavy atom. The van der Waals surface area contributed by atoms with Crippen LogP contribution in [0.5, 0.6) is 11.5 Å². The highest BCUT2D eigenvalue weighted by molar-refractivity contribution is 6.02. The van der Waals surface area contributed by atoms with E-state index in [4.69, 9.17) is 14.6 Å². The van der Waals surface area contributed by atoms with Crippen molar-refractivity contribution >= 4 is 11.8 Å². The van der Waals surface area contributed by atoms with E-state index >= 15 is 0 Å². The molecule has 0 bridgehead atoms. The monoisotopic (exact) mass is 298 g/mol. The van der Waals surface area contributed by atoms with Crippen LogP contribution in [0.1, 0.15) is 38.8 Å². The number of Topliss-reactive ketones (excluding diaryl/α,β-unsaturated/α-hetero) is 1. The van der Waals surface area contributed by atoms with Crippen LogP contribution in [-0.2, 0) is 0 Å². The molecule has 1 N–H and O–H groups in total. The number of fused-ring (bicyclic) bond motifs is 1. The third kappa shape index (κ3) is 2.53. The summed E-state index contributed by atoms with van der Waals surface area (Å²) in [6, 6.07) is 11.7. The number of hydrogen-bond donors (Lipinski definition) is 1. The van der Waals surface area contributed by atoms with E-state index in [1.165, 1.54) is 18.2 Å². The van der Waals surface area contributed by atoms with Gasteiger partial charge in [-0.15, -0.1) is 0 Å². The van der Waals surface area contributed by atoms with Crippen LogP contribution in [0.25, 0.3) is 0 Å². The summed E-state index contributed by atoms with van der Waals surface area (Å²) in [5.74, 6) is -0.0301. The van der Waals surface area contributed by atoms with Crippen molar-refractivity contribution in [1.29, 1.82) is 0 Å². The maximum atomic E-state index is 12.3. The lowest BCUT2D eigenvalue weighted by Crippen LogP contribution is -2.20. The molecule has 0 fully saturated rings. The van der Waals surface area contributed by atoms with E-state index in [1.807, 2.05) is 24.3 Å². The van der Waals surface area contributed by atoms with Crippen molar-refractivity contribution in [2.45, 2.75) is 12.5 Å². The van der Waals surface area contributed by atoms with Gasteiger partial charge < -0.3 is 14.6 Å². The van der Waals surface area contributed by atoms with E-state index in [9.17, 15) is 9.59 Å². The molecule has 5 nitrogen and oxygen atoms in total. The molecule has 2 aromatic rings. The highest BCUT2D eigenvalue weighted by Crippen LogP contribution is 2.35. The van der Waals surface area contributed by atoms with Gasteiger partial charge in [0.15, 0.2) is 5.78 Å². The Kier molecular flexibility index (Phi) is 3.55. The summed E-state index contributed by atoms with van der Waals surface area (Å²) in [7, 11) is 1.59. The van der Waals surface area contributed by atoms with Gasteiger partial charge in [-0.3, -0.25) is 4.79 Å². The number of benzene rings is 2. The summed E-state index contributed by atoms with van der Waals surface area (Å²) in [6.45, 7) is 0. The first-order chi connectivity index (χ1) is 10.6. The minimum atomic E-state index is -1.06. The van der Waals surface area contributed by atoms with Gasteiger partial charge in [-0.05, 0) is 35.9 Å². The summed E-state index contributed by atoms with van der Waals surface area (Å²) in [5, 5.41) is 8.99. The zero-order valence-corrected chi connectivity index (χ0v) is 11.9. The van der Waals surface area contributed by atoms with Gasteiger partial charge in [0.1, 0.15) is 17.6 Å². The number of rotatable bonds is 3. The molecule has 0 radical (unpaired) electrons. The topological polar surface area (TPSA) is 72.8 Å². The van der Waals surface area contributed by atoms with Crippen molar-refractivity contribution in [3.05, 3.63) is 59.2 Å². The van der Waals surface area contributed by atoms with Crippen molar-refractivity contribution < 1.29 is 24.2 Å². The molecule has 0 aliphatic carbocycles. The van der Waals surface area contributed by atoms with Crippen LogP contribution in [-0.4, -0.2) is 24.0 Å². The van der Waals surface area contributed by atoms with Gasteiger partial charge in [0.05, 0.1) is 24.7 Å². The Morgan fingerprint density at radius 1 is 1.23 bits per heavy atom. The lowest BCUT2D eigenvalue weighted by molar-refractivity contribution is 0.0696. The Morgan fingerprint density at radius 3 is 2.59 bits per heavy atom. The minimum Gasteiger partial charge on any atom is -0.497 e. The Hall–Kier alpha value is -2.82. The Bertz CT molecular complexity index is 733. The maximum absolute atomic E-state index is 12.3. The third-order valence-electron chi connectivity index (χ3n) is 3.65. The van der Waals surface area contributed by atoms with Gasteiger partial charge in [-0.25, -0.2) is 4.79 Å². The highest BCUT2D eigenvalue weighted by Gasteiger charge is 2.28. The molecular weight excluding hydrogens is 284 g/mol. The molecule has 0 saturated carbocycles. The number of ketones is 1.